The maximum Gasteiger partial charge on any atom is 0.230 e. The van der Waals surface area contributed by atoms with Gasteiger partial charge in [-0.05, 0) is 61.9 Å². The molecule has 0 spiro atoms. The van der Waals surface area contributed by atoms with Crippen LogP contribution in [0.15, 0.2) is 67.1 Å². The molecule has 1 aliphatic heterocycles. The molecule has 1 aromatic heterocycles. The van der Waals surface area contributed by atoms with E-state index in [4.69, 9.17) is 5.26 Å². The molecule has 0 radical (unpaired) electrons. The summed E-state index contributed by atoms with van der Waals surface area (Å²) in [6.07, 6.45) is 8.60. The highest BCUT2D eigenvalue weighted by molar-refractivity contribution is 5.95. The summed E-state index contributed by atoms with van der Waals surface area (Å²) in [7, 11) is 0. The number of hydrogen-bond acceptors (Lipinski definition) is 3. The minimum absolute atomic E-state index is 0.105. The van der Waals surface area contributed by atoms with Gasteiger partial charge in [0.1, 0.15) is 0 Å². The van der Waals surface area contributed by atoms with Crippen molar-refractivity contribution in [1.29, 1.82) is 5.26 Å². The van der Waals surface area contributed by atoms with Crippen molar-refractivity contribution in [3.05, 3.63) is 83.9 Å². The Balaban J connectivity index is 1.33. The SMILES string of the molecule is N#Cc1ccc(Cn2cncc2CCCC2CCCN(c3ccccc3)C2=O)cc1. The molecule has 0 bridgehead atoms. The molecule has 152 valence electrons. The Labute approximate surface area is 177 Å². The number of nitrogens with zero attached hydrogens (tertiary/aromatic N) is 4. The van der Waals surface area contributed by atoms with Crippen molar-refractivity contribution in [2.45, 2.75) is 38.6 Å². The molecule has 0 aliphatic carbocycles. The fourth-order valence-corrected chi connectivity index (χ4v) is 4.19. The van der Waals surface area contributed by atoms with Gasteiger partial charge in [0.05, 0.1) is 18.0 Å². The molecule has 4 rings (SSSR count). The van der Waals surface area contributed by atoms with Crippen LogP contribution in [0, 0.1) is 17.2 Å². The van der Waals surface area contributed by atoms with Crippen LogP contribution in [0.1, 0.15) is 42.5 Å². The highest BCUT2D eigenvalue weighted by atomic mass is 16.2. The van der Waals surface area contributed by atoms with Crippen molar-refractivity contribution >= 4 is 11.6 Å². The Bertz CT molecular complexity index is 1020. The van der Waals surface area contributed by atoms with Gasteiger partial charge in [0.2, 0.25) is 5.91 Å². The molecule has 2 heterocycles. The molecule has 2 aromatic carbocycles. The molecule has 1 atom stereocenters. The summed E-state index contributed by atoms with van der Waals surface area (Å²) >= 11 is 0. The van der Waals surface area contributed by atoms with Gasteiger partial charge >= 0.3 is 0 Å². The summed E-state index contributed by atoms with van der Waals surface area (Å²) in [5.41, 5.74) is 4.01. The van der Waals surface area contributed by atoms with E-state index in [0.29, 0.717) is 5.56 Å². The topological polar surface area (TPSA) is 61.9 Å². The van der Waals surface area contributed by atoms with Crippen LogP contribution in [-0.4, -0.2) is 22.0 Å². The number of piperidine rings is 1. The number of carbonyl (C=O) groups excluding carboxylic acids is 1. The van der Waals surface area contributed by atoms with Crippen LogP contribution in [0.2, 0.25) is 0 Å². The average Bonchev–Trinajstić information content (AvgIpc) is 3.23. The van der Waals surface area contributed by atoms with E-state index in [9.17, 15) is 4.79 Å². The Kier molecular flexibility index (Phi) is 6.24. The zero-order chi connectivity index (χ0) is 20.8. The third-order valence-electron chi connectivity index (χ3n) is 5.84. The fourth-order valence-electron chi connectivity index (χ4n) is 4.19. The first-order valence-corrected chi connectivity index (χ1v) is 10.6. The first-order chi connectivity index (χ1) is 14.7. The van der Waals surface area contributed by atoms with Crippen LogP contribution >= 0.6 is 0 Å². The fraction of sp³-hybridized carbons (Fsp3) is 0.320. The predicted molar refractivity (Wildman–Crippen MR) is 117 cm³/mol. The predicted octanol–water partition coefficient (Wildman–Crippen LogP) is 4.57. The van der Waals surface area contributed by atoms with Crippen LogP contribution in [0.25, 0.3) is 0 Å². The minimum Gasteiger partial charge on any atom is -0.330 e. The standard InChI is InChI=1S/C25H26N4O/c26-16-20-11-13-21(14-12-20)18-28-19-27-17-24(28)10-4-6-22-7-5-15-29(25(22)30)23-8-2-1-3-9-23/h1-3,8-9,11-14,17,19,22H,4-7,10,15,18H2. The normalized spacial score (nSPS) is 16.4. The van der Waals surface area contributed by atoms with Crippen molar-refractivity contribution in [2.24, 2.45) is 5.92 Å². The molecular formula is C25H26N4O. The monoisotopic (exact) mass is 398 g/mol. The zero-order valence-electron chi connectivity index (χ0n) is 17.1. The van der Waals surface area contributed by atoms with Crippen LogP contribution < -0.4 is 4.90 Å². The first kappa shape index (κ1) is 19.9. The number of nitriles is 1. The number of anilines is 1. The number of rotatable bonds is 7. The molecule has 3 aromatic rings. The average molecular weight is 399 g/mol. The van der Waals surface area contributed by atoms with E-state index in [1.54, 1.807) is 0 Å². The number of hydrogen-bond donors (Lipinski definition) is 0. The second-order valence-corrected chi connectivity index (χ2v) is 7.88. The number of aromatic nitrogens is 2. The van der Waals surface area contributed by atoms with E-state index in [0.717, 1.165) is 56.4 Å². The second-order valence-electron chi connectivity index (χ2n) is 7.88. The maximum atomic E-state index is 13.0. The summed E-state index contributed by atoms with van der Waals surface area (Å²) in [5.74, 6) is 0.368. The molecule has 30 heavy (non-hydrogen) atoms. The van der Waals surface area contributed by atoms with Crippen LogP contribution in [-0.2, 0) is 17.8 Å². The van der Waals surface area contributed by atoms with Crippen molar-refractivity contribution in [2.75, 3.05) is 11.4 Å². The largest absolute Gasteiger partial charge is 0.330 e. The molecule has 1 aliphatic rings. The van der Waals surface area contributed by atoms with Gasteiger partial charge in [0.25, 0.3) is 0 Å². The van der Waals surface area contributed by atoms with Gasteiger partial charge in [-0.25, -0.2) is 4.98 Å². The van der Waals surface area contributed by atoms with Crippen molar-refractivity contribution in [1.82, 2.24) is 9.55 Å². The van der Waals surface area contributed by atoms with Crippen LogP contribution in [0.4, 0.5) is 5.69 Å². The Morgan fingerprint density at radius 3 is 2.67 bits per heavy atom. The molecule has 1 amide bonds. The summed E-state index contributed by atoms with van der Waals surface area (Å²) < 4.78 is 2.15. The quantitative estimate of drug-likeness (QED) is 0.586. The lowest BCUT2D eigenvalue weighted by atomic mass is 9.91. The second kappa shape index (κ2) is 9.41. The molecule has 1 unspecified atom stereocenters. The lowest BCUT2D eigenvalue weighted by Crippen LogP contribution is -2.41. The molecule has 1 saturated heterocycles. The number of imidazole rings is 1. The molecule has 0 N–H and O–H groups in total. The molecule has 5 heteroatoms. The summed E-state index contributed by atoms with van der Waals surface area (Å²) in [6.45, 7) is 1.56. The number of aryl methyl sites for hydroxylation is 1. The molecular weight excluding hydrogens is 372 g/mol. The van der Waals surface area contributed by atoms with Crippen molar-refractivity contribution < 1.29 is 4.79 Å². The van der Waals surface area contributed by atoms with Gasteiger partial charge in [-0.1, -0.05) is 30.3 Å². The molecule has 1 fully saturated rings. The van der Waals surface area contributed by atoms with E-state index in [1.807, 2.05) is 72.0 Å². The zero-order valence-corrected chi connectivity index (χ0v) is 17.1. The van der Waals surface area contributed by atoms with E-state index in [-0.39, 0.29) is 11.8 Å². The van der Waals surface area contributed by atoms with Crippen LogP contribution in [0.3, 0.4) is 0 Å². The lowest BCUT2D eigenvalue weighted by Gasteiger charge is -2.32. The first-order valence-electron chi connectivity index (χ1n) is 10.6. The lowest BCUT2D eigenvalue weighted by molar-refractivity contribution is -0.124. The van der Waals surface area contributed by atoms with Gasteiger partial charge in [-0.15, -0.1) is 0 Å². The van der Waals surface area contributed by atoms with Gasteiger partial charge < -0.3 is 9.47 Å². The Morgan fingerprint density at radius 1 is 1.10 bits per heavy atom. The molecule has 5 nitrogen and oxygen atoms in total. The highest BCUT2D eigenvalue weighted by Crippen LogP contribution is 2.27. The number of benzene rings is 2. The molecule has 0 saturated carbocycles. The van der Waals surface area contributed by atoms with Crippen molar-refractivity contribution in [3.63, 3.8) is 0 Å². The summed E-state index contributed by atoms with van der Waals surface area (Å²) in [4.78, 5) is 19.2. The summed E-state index contributed by atoms with van der Waals surface area (Å²) in [5, 5.41) is 8.94. The van der Waals surface area contributed by atoms with Crippen molar-refractivity contribution in [3.8, 4) is 6.07 Å². The van der Waals surface area contributed by atoms with Gasteiger partial charge in [-0.2, -0.15) is 5.26 Å². The number of carbonyl (C=O) groups is 1. The maximum absolute atomic E-state index is 13.0. The Morgan fingerprint density at radius 2 is 1.90 bits per heavy atom. The van der Waals surface area contributed by atoms with Gasteiger partial charge in [0, 0.05) is 36.6 Å². The third-order valence-corrected chi connectivity index (χ3v) is 5.84. The van der Waals surface area contributed by atoms with E-state index < -0.39 is 0 Å². The Hall–Kier alpha value is -3.39. The minimum atomic E-state index is 0.105. The van der Waals surface area contributed by atoms with E-state index in [2.05, 4.69) is 15.6 Å². The highest BCUT2D eigenvalue weighted by Gasteiger charge is 2.29. The number of para-hydroxylation sites is 1. The summed E-state index contributed by atoms with van der Waals surface area (Å²) in [6, 6.07) is 19.8. The smallest absolute Gasteiger partial charge is 0.230 e. The van der Waals surface area contributed by atoms with Gasteiger partial charge in [0.15, 0.2) is 0 Å². The van der Waals surface area contributed by atoms with E-state index in [1.165, 1.54) is 5.69 Å². The third kappa shape index (κ3) is 4.60. The van der Waals surface area contributed by atoms with Crippen LogP contribution in [0.5, 0.6) is 0 Å². The van der Waals surface area contributed by atoms with Gasteiger partial charge in [-0.3, -0.25) is 4.79 Å². The number of amides is 1. The van der Waals surface area contributed by atoms with E-state index >= 15 is 0 Å².